The van der Waals surface area contributed by atoms with E-state index in [1.807, 2.05) is 12.2 Å². The van der Waals surface area contributed by atoms with Crippen molar-refractivity contribution in [2.45, 2.75) is 71.1 Å². The summed E-state index contributed by atoms with van der Waals surface area (Å²) in [4.78, 5) is 26.9. The molecule has 0 saturated heterocycles. The van der Waals surface area contributed by atoms with Crippen molar-refractivity contribution in [3.05, 3.63) is 18.5 Å². The molecule has 0 radical (unpaired) electrons. The Hall–Kier alpha value is -2.18. The first-order valence-electron chi connectivity index (χ1n) is 9.16. The predicted octanol–water partition coefficient (Wildman–Crippen LogP) is 3.92. The molecule has 0 aliphatic carbocycles. The van der Waals surface area contributed by atoms with E-state index in [9.17, 15) is 14.7 Å². The number of carboxylic acids is 1. The number of aromatic nitrogens is 3. The smallest absolute Gasteiger partial charge is 0.307 e. The second-order valence-electron chi connectivity index (χ2n) is 6.24. The molecule has 0 spiro atoms. The number of hydrogen-bond acceptors (Lipinski definition) is 4. The summed E-state index contributed by atoms with van der Waals surface area (Å²) >= 11 is 0. The number of unbranched alkanes of at least 4 members (excludes halogenated alkanes) is 7. The van der Waals surface area contributed by atoms with Crippen LogP contribution in [0, 0.1) is 5.92 Å². The Labute approximate surface area is 149 Å². The lowest BCUT2D eigenvalue weighted by Crippen LogP contribution is -2.22. The third-order valence-corrected chi connectivity index (χ3v) is 4.02. The molecular weight excluding hydrogens is 320 g/mol. The molecule has 0 saturated carbocycles. The molecule has 7 nitrogen and oxygen atoms in total. The van der Waals surface area contributed by atoms with Gasteiger partial charge in [0.15, 0.2) is 0 Å². The standard InChI is InChI=1S/C18H30N4O3/c1-2-3-4-5-6-7-8-9-10-11-12-15(17(24)25)13-16(23)21-18-19-14-20-22-18/h10-11,14-15H,2-9,12-13H2,1H3,(H,24,25)(H2,19,20,21,22,23). The zero-order chi connectivity index (χ0) is 18.3. The summed E-state index contributed by atoms with van der Waals surface area (Å²) in [5.41, 5.74) is 0. The van der Waals surface area contributed by atoms with E-state index < -0.39 is 11.9 Å². The molecule has 7 heteroatoms. The van der Waals surface area contributed by atoms with Crippen molar-refractivity contribution in [3.63, 3.8) is 0 Å². The van der Waals surface area contributed by atoms with Gasteiger partial charge in [-0.15, -0.1) is 0 Å². The number of carbonyl (C=O) groups excluding carboxylic acids is 1. The van der Waals surface area contributed by atoms with Gasteiger partial charge in [-0.05, 0) is 19.3 Å². The number of carbonyl (C=O) groups is 2. The van der Waals surface area contributed by atoms with Crippen LogP contribution >= 0.6 is 0 Å². The Morgan fingerprint density at radius 1 is 1.20 bits per heavy atom. The van der Waals surface area contributed by atoms with Crippen molar-refractivity contribution >= 4 is 17.8 Å². The summed E-state index contributed by atoms with van der Waals surface area (Å²) in [5.74, 6) is -1.85. The van der Waals surface area contributed by atoms with E-state index in [1.54, 1.807) is 0 Å². The highest BCUT2D eigenvalue weighted by Crippen LogP contribution is 2.13. The number of H-pyrrole nitrogens is 1. The molecule has 0 fully saturated rings. The Morgan fingerprint density at radius 2 is 1.92 bits per heavy atom. The number of nitrogens with one attached hydrogen (secondary N) is 2. The lowest BCUT2D eigenvalue weighted by Gasteiger charge is -2.09. The average Bonchev–Trinajstić information content (AvgIpc) is 3.08. The normalized spacial score (nSPS) is 12.4. The minimum Gasteiger partial charge on any atom is -0.481 e. The second kappa shape index (κ2) is 13.1. The molecule has 1 amide bonds. The average molecular weight is 350 g/mol. The van der Waals surface area contributed by atoms with Crippen molar-refractivity contribution in [2.75, 3.05) is 5.32 Å². The zero-order valence-electron chi connectivity index (χ0n) is 15.0. The number of anilines is 1. The van der Waals surface area contributed by atoms with Crippen LogP contribution in [0.5, 0.6) is 0 Å². The second-order valence-corrected chi connectivity index (χ2v) is 6.24. The predicted molar refractivity (Wildman–Crippen MR) is 97.1 cm³/mol. The summed E-state index contributed by atoms with van der Waals surface area (Å²) < 4.78 is 0. The highest BCUT2D eigenvalue weighted by atomic mass is 16.4. The Bertz CT molecular complexity index is 514. The third-order valence-electron chi connectivity index (χ3n) is 4.02. The monoisotopic (exact) mass is 350 g/mol. The van der Waals surface area contributed by atoms with Crippen molar-refractivity contribution in [1.82, 2.24) is 15.2 Å². The molecule has 1 heterocycles. The molecule has 0 aliphatic heterocycles. The fourth-order valence-electron chi connectivity index (χ4n) is 2.54. The molecule has 25 heavy (non-hydrogen) atoms. The van der Waals surface area contributed by atoms with Crippen LogP contribution in [0.4, 0.5) is 5.95 Å². The Morgan fingerprint density at radius 3 is 2.56 bits per heavy atom. The molecule has 140 valence electrons. The quantitative estimate of drug-likeness (QED) is 0.348. The van der Waals surface area contributed by atoms with Crippen LogP contribution < -0.4 is 5.32 Å². The Balaban J connectivity index is 2.17. The minimum atomic E-state index is -0.965. The molecule has 0 aliphatic rings. The topological polar surface area (TPSA) is 108 Å². The highest BCUT2D eigenvalue weighted by Gasteiger charge is 2.20. The molecule has 0 aromatic carbocycles. The van der Waals surface area contributed by atoms with E-state index in [1.165, 1.54) is 44.9 Å². The minimum absolute atomic E-state index is 0.0855. The van der Waals surface area contributed by atoms with Gasteiger partial charge >= 0.3 is 5.97 Å². The van der Waals surface area contributed by atoms with E-state index >= 15 is 0 Å². The van der Waals surface area contributed by atoms with Crippen molar-refractivity contribution in [2.24, 2.45) is 5.92 Å². The van der Waals surface area contributed by atoms with Crippen LogP contribution in [-0.4, -0.2) is 32.2 Å². The van der Waals surface area contributed by atoms with Crippen LogP contribution in [0.2, 0.25) is 0 Å². The van der Waals surface area contributed by atoms with E-state index in [2.05, 4.69) is 27.4 Å². The maximum Gasteiger partial charge on any atom is 0.307 e. The highest BCUT2D eigenvalue weighted by molar-refractivity contribution is 5.91. The molecule has 1 atom stereocenters. The number of amides is 1. The first-order chi connectivity index (χ1) is 12.1. The fourth-order valence-corrected chi connectivity index (χ4v) is 2.54. The van der Waals surface area contributed by atoms with Crippen molar-refractivity contribution in [3.8, 4) is 0 Å². The maximum atomic E-state index is 11.8. The van der Waals surface area contributed by atoms with Crippen LogP contribution in [0.3, 0.4) is 0 Å². The van der Waals surface area contributed by atoms with Gasteiger partial charge < -0.3 is 5.11 Å². The number of aromatic amines is 1. The fraction of sp³-hybridized carbons (Fsp3) is 0.667. The zero-order valence-corrected chi connectivity index (χ0v) is 15.0. The number of carboxylic acid groups (broad SMARTS) is 1. The van der Waals surface area contributed by atoms with Gasteiger partial charge in [0.1, 0.15) is 6.33 Å². The Kier molecular flexibility index (Phi) is 11.0. The molecule has 1 aromatic heterocycles. The molecule has 0 bridgehead atoms. The van der Waals surface area contributed by atoms with Crippen molar-refractivity contribution in [1.29, 1.82) is 0 Å². The first kappa shape index (κ1) is 20.9. The summed E-state index contributed by atoms with van der Waals surface area (Å²) in [6.45, 7) is 2.22. The number of nitrogens with zero attached hydrogens (tertiary/aromatic N) is 2. The van der Waals surface area contributed by atoms with Crippen LogP contribution in [0.1, 0.15) is 71.1 Å². The number of aliphatic carboxylic acids is 1. The molecular formula is C18H30N4O3. The van der Waals surface area contributed by atoms with Gasteiger partial charge in [-0.2, -0.15) is 10.1 Å². The summed E-state index contributed by atoms with van der Waals surface area (Å²) in [7, 11) is 0. The van der Waals surface area contributed by atoms with Gasteiger partial charge in [-0.25, -0.2) is 5.10 Å². The molecule has 3 N–H and O–H groups in total. The van der Waals surface area contributed by atoms with E-state index in [0.29, 0.717) is 6.42 Å². The van der Waals surface area contributed by atoms with Gasteiger partial charge in [0.2, 0.25) is 11.9 Å². The van der Waals surface area contributed by atoms with Gasteiger partial charge in [-0.1, -0.05) is 57.6 Å². The lowest BCUT2D eigenvalue weighted by atomic mass is 10.0. The van der Waals surface area contributed by atoms with Crippen molar-refractivity contribution < 1.29 is 14.7 Å². The van der Waals surface area contributed by atoms with Gasteiger partial charge in [0, 0.05) is 6.42 Å². The molecule has 1 aromatic rings. The van der Waals surface area contributed by atoms with E-state index in [-0.39, 0.29) is 18.3 Å². The number of hydrogen-bond donors (Lipinski definition) is 3. The van der Waals surface area contributed by atoms with Gasteiger partial charge in [0.05, 0.1) is 5.92 Å². The summed E-state index contributed by atoms with van der Waals surface area (Å²) in [6, 6.07) is 0. The van der Waals surface area contributed by atoms with E-state index in [0.717, 1.165) is 12.8 Å². The SMILES string of the molecule is CCCCCCCCCC=CCC(CC(=O)Nc1ncn[nH]1)C(=O)O. The number of rotatable bonds is 14. The van der Waals surface area contributed by atoms with Gasteiger partial charge in [0.25, 0.3) is 0 Å². The van der Waals surface area contributed by atoms with Crippen LogP contribution in [0.25, 0.3) is 0 Å². The molecule has 1 rings (SSSR count). The largest absolute Gasteiger partial charge is 0.481 e. The first-order valence-corrected chi connectivity index (χ1v) is 9.16. The van der Waals surface area contributed by atoms with Crippen LogP contribution in [-0.2, 0) is 9.59 Å². The van der Waals surface area contributed by atoms with E-state index in [4.69, 9.17) is 0 Å². The number of allylic oxidation sites excluding steroid dienone is 2. The maximum absolute atomic E-state index is 11.8. The van der Waals surface area contributed by atoms with Gasteiger partial charge in [-0.3, -0.25) is 14.9 Å². The lowest BCUT2D eigenvalue weighted by molar-refractivity contribution is -0.143. The summed E-state index contributed by atoms with van der Waals surface area (Å²) in [5, 5.41) is 17.9. The third kappa shape index (κ3) is 10.3. The summed E-state index contributed by atoms with van der Waals surface area (Å²) in [6.07, 6.45) is 15.2. The van der Waals surface area contributed by atoms with Crippen LogP contribution in [0.15, 0.2) is 18.5 Å². The molecule has 1 unspecified atom stereocenters.